The molecule has 22 heavy (non-hydrogen) atoms. The van der Waals surface area contributed by atoms with Gasteiger partial charge in [0.25, 0.3) is 0 Å². The Kier molecular flexibility index (Phi) is 3.94. The number of carbonyl (C=O) groups is 1. The van der Waals surface area contributed by atoms with Gasteiger partial charge in [0.1, 0.15) is 11.6 Å². The number of benzene rings is 1. The van der Waals surface area contributed by atoms with E-state index in [9.17, 15) is 10.1 Å². The van der Waals surface area contributed by atoms with Crippen molar-refractivity contribution in [2.75, 3.05) is 5.32 Å². The fraction of sp³-hybridized carbons (Fsp3) is 0.188. The van der Waals surface area contributed by atoms with Crippen molar-refractivity contribution in [3.8, 4) is 11.8 Å². The van der Waals surface area contributed by atoms with Crippen LogP contribution in [0.25, 0.3) is 5.69 Å². The van der Waals surface area contributed by atoms with Crippen LogP contribution in [0.1, 0.15) is 24.8 Å². The summed E-state index contributed by atoms with van der Waals surface area (Å²) in [4.78, 5) is 11.5. The third kappa shape index (κ3) is 2.87. The van der Waals surface area contributed by atoms with Crippen molar-refractivity contribution in [2.24, 2.45) is 0 Å². The second-order valence-electron chi connectivity index (χ2n) is 5.02. The molecule has 0 fully saturated rings. The number of carbonyl (C=O) groups excluding carboxylic acids is 1. The monoisotopic (exact) mass is 312 g/mol. The first-order valence-corrected chi connectivity index (χ1v) is 7.29. The molecule has 6 heteroatoms. The molecule has 110 valence electrons. The summed E-state index contributed by atoms with van der Waals surface area (Å²) in [5.41, 5.74) is 2.02. The molecule has 1 N–H and O–H groups in total. The number of halogens is 1. The van der Waals surface area contributed by atoms with E-state index in [1.807, 2.05) is 12.1 Å². The van der Waals surface area contributed by atoms with Crippen LogP contribution in [0.2, 0.25) is 5.02 Å². The topological polar surface area (TPSA) is 70.7 Å². The highest BCUT2D eigenvalue weighted by Crippen LogP contribution is 2.25. The predicted octanol–water partition coefficient (Wildman–Crippen LogP) is 3.45. The highest BCUT2D eigenvalue weighted by atomic mass is 35.5. The second-order valence-corrected chi connectivity index (χ2v) is 5.46. The van der Waals surface area contributed by atoms with E-state index < -0.39 is 0 Å². The Morgan fingerprint density at radius 1 is 1.27 bits per heavy atom. The fourth-order valence-electron chi connectivity index (χ4n) is 2.37. The second kappa shape index (κ2) is 6.04. The number of ketones is 1. The molecule has 0 bridgehead atoms. The Balaban J connectivity index is 1.99. The van der Waals surface area contributed by atoms with Gasteiger partial charge in [0.2, 0.25) is 0 Å². The molecule has 1 aliphatic carbocycles. The van der Waals surface area contributed by atoms with E-state index >= 15 is 0 Å². The van der Waals surface area contributed by atoms with Gasteiger partial charge in [-0.2, -0.15) is 10.4 Å². The molecule has 0 saturated carbocycles. The maximum atomic E-state index is 11.5. The molecule has 1 heterocycles. The minimum absolute atomic E-state index is 0.102. The number of nitrogens with zero attached hydrogens (tertiary/aromatic N) is 3. The Labute approximate surface area is 132 Å². The summed E-state index contributed by atoms with van der Waals surface area (Å²) in [5, 5.41) is 17.3. The number of aromatic nitrogens is 2. The third-order valence-electron chi connectivity index (χ3n) is 3.44. The standard InChI is InChI=1S/C16H13ClN4O/c17-12-4-6-14(7-5-12)21-16(11(9-18)10-19-21)20-13-2-1-3-15(22)8-13/h4-8,10,20H,1-3H2. The summed E-state index contributed by atoms with van der Waals surface area (Å²) in [6.45, 7) is 0. The zero-order chi connectivity index (χ0) is 15.5. The van der Waals surface area contributed by atoms with Crippen LogP contribution in [-0.4, -0.2) is 15.6 Å². The number of rotatable bonds is 3. The molecule has 2 aromatic rings. The minimum atomic E-state index is 0.102. The van der Waals surface area contributed by atoms with Gasteiger partial charge in [0, 0.05) is 23.2 Å². The van der Waals surface area contributed by atoms with Crippen LogP contribution in [0.4, 0.5) is 5.82 Å². The molecule has 1 aromatic heterocycles. The van der Waals surface area contributed by atoms with E-state index in [2.05, 4.69) is 16.5 Å². The summed E-state index contributed by atoms with van der Waals surface area (Å²) in [6, 6.07) is 9.28. The van der Waals surface area contributed by atoms with Gasteiger partial charge in [0.15, 0.2) is 11.6 Å². The number of nitriles is 1. The van der Waals surface area contributed by atoms with Crippen LogP contribution in [0.3, 0.4) is 0 Å². The van der Waals surface area contributed by atoms with E-state index in [4.69, 9.17) is 11.6 Å². The molecule has 1 aliphatic rings. The lowest BCUT2D eigenvalue weighted by molar-refractivity contribution is -0.115. The van der Waals surface area contributed by atoms with Crippen LogP contribution < -0.4 is 5.32 Å². The van der Waals surface area contributed by atoms with Crippen molar-refractivity contribution in [3.63, 3.8) is 0 Å². The summed E-state index contributed by atoms with van der Waals surface area (Å²) < 4.78 is 1.63. The van der Waals surface area contributed by atoms with Gasteiger partial charge in [-0.05, 0) is 37.1 Å². The number of hydrogen-bond donors (Lipinski definition) is 1. The normalized spacial score (nSPS) is 14.4. The summed E-state index contributed by atoms with van der Waals surface area (Å²) in [7, 11) is 0. The highest BCUT2D eigenvalue weighted by Gasteiger charge is 2.16. The van der Waals surface area contributed by atoms with E-state index in [0.717, 1.165) is 24.2 Å². The summed E-state index contributed by atoms with van der Waals surface area (Å²) >= 11 is 5.90. The molecule has 5 nitrogen and oxygen atoms in total. The molecule has 0 unspecified atom stereocenters. The Hall–Kier alpha value is -2.58. The van der Waals surface area contributed by atoms with Gasteiger partial charge in [0.05, 0.1) is 11.9 Å². The Bertz CT molecular complexity index is 783. The van der Waals surface area contributed by atoms with E-state index in [-0.39, 0.29) is 5.78 Å². The average Bonchev–Trinajstić information content (AvgIpc) is 2.91. The van der Waals surface area contributed by atoms with Crippen LogP contribution in [0, 0.1) is 11.3 Å². The van der Waals surface area contributed by atoms with Crippen molar-refractivity contribution in [2.45, 2.75) is 19.3 Å². The molecule has 1 aromatic carbocycles. The van der Waals surface area contributed by atoms with Crippen molar-refractivity contribution < 1.29 is 4.79 Å². The van der Waals surface area contributed by atoms with E-state index in [1.165, 1.54) is 6.20 Å². The van der Waals surface area contributed by atoms with Gasteiger partial charge in [-0.25, -0.2) is 4.68 Å². The van der Waals surface area contributed by atoms with Crippen LogP contribution in [0.15, 0.2) is 42.2 Å². The van der Waals surface area contributed by atoms with Gasteiger partial charge in [-0.1, -0.05) is 11.6 Å². The zero-order valence-corrected chi connectivity index (χ0v) is 12.5. The zero-order valence-electron chi connectivity index (χ0n) is 11.7. The summed E-state index contributed by atoms with van der Waals surface area (Å²) in [5.74, 6) is 0.663. The SMILES string of the molecule is N#Cc1cnn(-c2ccc(Cl)cc2)c1NC1=CC(=O)CCC1. The molecule has 0 saturated heterocycles. The predicted molar refractivity (Wildman–Crippen MR) is 83.9 cm³/mol. The largest absolute Gasteiger partial charge is 0.342 e. The highest BCUT2D eigenvalue weighted by molar-refractivity contribution is 6.30. The maximum Gasteiger partial charge on any atom is 0.157 e. The number of nitrogens with one attached hydrogen (secondary N) is 1. The van der Waals surface area contributed by atoms with Crippen molar-refractivity contribution in [3.05, 3.63) is 52.8 Å². The first-order valence-electron chi connectivity index (χ1n) is 6.92. The first-order chi connectivity index (χ1) is 10.7. The Morgan fingerprint density at radius 2 is 2.05 bits per heavy atom. The molecule has 0 spiro atoms. The molecule has 0 amide bonds. The Morgan fingerprint density at radius 3 is 2.73 bits per heavy atom. The van der Waals surface area contributed by atoms with Crippen LogP contribution >= 0.6 is 11.6 Å². The lowest BCUT2D eigenvalue weighted by Gasteiger charge is -2.16. The molecular formula is C16H13ClN4O. The fourth-order valence-corrected chi connectivity index (χ4v) is 2.50. The minimum Gasteiger partial charge on any atom is -0.342 e. The molecule has 0 atom stereocenters. The molecule has 0 aliphatic heterocycles. The number of hydrogen-bond acceptors (Lipinski definition) is 4. The number of allylic oxidation sites excluding steroid dienone is 2. The average molecular weight is 313 g/mol. The smallest absolute Gasteiger partial charge is 0.157 e. The van der Waals surface area contributed by atoms with Crippen molar-refractivity contribution >= 4 is 23.2 Å². The first kappa shape index (κ1) is 14.4. The molecule has 0 radical (unpaired) electrons. The van der Waals surface area contributed by atoms with Crippen LogP contribution in [-0.2, 0) is 4.79 Å². The van der Waals surface area contributed by atoms with Gasteiger partial charge in [-0.3, -0.25) is 4.79 Å². The third-order valence-corrected chi connectivity index (χ3v) is 3.70. The van der Waals surface area contributed by atoms with E-state index in [1.54, 1.807) is 22.9 Å². The van der Waals surface area contributed by atoms with Gasteiger partial charge >= 0.3 is 0 Å². The van der Waals surface area contributed by atoms with Gasteiger partial charge in [-0.15, -0.1) is 0 Å². The lowest BCUT2D eigenvalue weighted by Crippen LogP contribution is -2.12. The maximum absolute atomic E-state index is 11.5. The molecule has 3 rings (SSSR count). The molecular weight excluding hydrogens is 300 g/mol. The van der Waals surface area contributed by atoms with E-state index in [0.29, 0.717) is 22.8 Å². The lowest BCUT2D eigenvalue weighted by atomic mass is 10.0. The summed E-state index contributed by atoms with van der Waals surface area (Å²) in [6.07, 6.45) is 5.27. The van der Waals surface area contributed by atoms with Gasteiger partial charge < -0.3 is 5.32 Å². The quantitative estimate of drug-likeness (QED) is 0.942. The van der Waals surface area contributed by atoms with Crippen molar-refractivity contribution in [1.82, 2.24) is 9.78 Å². The van der Waals surface area contributed by atoms with Crippen molar-refractivity contribution in [1.29, 1.82) is 5.26 Å². The number of anilines is 1. The van der Waals surface area contributed by atoms with Crippen LogP contribution in [0.5, 0.6) is 0 Å².